The topological polar surface area (TPSA) is 61.6 Å². The Bertz CT molecular complexity index is 471. The van der Waals surface area contributed by atoms with Crippen LogP contribution in [-0.2, 0) is 17.9 Å². The van der Waals surface area contributed by atoms with E-state index in [0.717, 1.165) is 31.0 Å². The van der Waals surface area contributed by atoms with Crippen molar-refractivity contribution < 1.29 is 9.90 Å². The molecule has 1 unspecified atom stereocenters. The largest absolute Gasteiger partial charge is 0.396 e. The van der Waals surface area contributed by atoms with Gasteiger partial charge in [0.2, 0.25) is 5.91 Å². The Morgan fingerprint density at radius 1 is 1.50 bits per heavy atom. The summed E-state index contributed by atoms with van der Waals surface area (Å²) in [4.78, 5) is 16.0. The Hall–Kier alpha value is -1.40. The van der Waals surface area contributed by atoms with Crippen molar-refractivity contribution in [2.24, 2.45) is 5.92 Å². The molecule has 2 aliphatic heterocycles. The lowest BCUT2D eigenvalue weighted by Gasteiger charge is -2.26. The van der Waals surface area contributed by atoms with Gasteiger partial charge >= 0.3 is 0 Å². The number of rotatable bonds is 2. The number of carbonyl (C=O) groups is 1. The molecule has 0 radical (unpaired) electrons. The molecule has 2 aliphatic rings. The van der Waals surface area contributed by atoms with Crippen molar-refractivity contribution in [2.75, 3.05) is 31.6 Å². The van der Waals surface area contributed by atoms with Gasteiger partial charge in [-0.1, -0.05) is 0 Å². The molecule has 18 heavy (non-hydrogen) atoms. The van der Waals surface area contributed by atoms with E-state index >= 15 is 0 Å². The van der Waals surface area contributed by atoms with Gasteiger partial charge in [-0.05, 0) is 7.05 Å². The summed E-state index contributed by atoms with van der Waals surface area (Å²) in [6.45, 7) is 3.37. The fraction of sp³-hybridized carbons (Fsp3) is 0.667. The number of likely N-dealkylation sites (N-methyl/N-ethyl adjacent to an activating group) is 1. The third-order valence-corrected chi connectivity index (χ3v) is 3.79. The molecule has 0 spiro atoms. The van der Waals surface area contributed by atoms with Gasteiger partial charge in [-0.3, -0.25) is 14.4 Å². The van der Waals surface area contributed by atoms with Crippen molar-refractivity contribution in [3.8, 4) is 0 Å². The van der Waals surface area contributed by atoms with E-state index in [1.807, 2.05) is 4.68 Å². The Balaban J connectivity index is 1.89. The normalized spacial score (nSPS) is 24.7. The zero-order chi connectivity index (χ0) is 12.7. The van der Waals surface area contributed by atoms with E-state index in [1.54, 1.807) is 11.1 Å². The molecule has 1 aromatic rings. The Morgan fingerprint density at radius 2 is 2.33 bits per heavy atom. The van der Waals surface area contributed by atoms with Gasteiger partial charge in [-0.25, -0.2) is 0 Å². The van der Waals surface area contributed by atoms with Gasteiger partial charge in [0.25, 0.3) is 0 Å². The summed E-state index contributed by atoms with van der Waals surface area (Å²) < 4.78 is 1.98. The molecular formula is C12H18N4O2. The summed E-state index contributed by atoms with van der Waals surface area (Å²) >= 11 is 0. The van der Waals surface area contributed by atoms with Crippen LogP contribution in [0.1, 0.15) is 12.1 Å². The minimum Gasteiger partial charge on any atom is -0.396 e. The molecule has 3 heterocycles. The molecule has 98 valence electrons. The van der Waals surface area contributed by atoms with Gasteiger partial charge in [0.1, 0.15) is 0 Å². The van der Waals surface area contributed by atoms with Crippen molar-refractivity contribution in [3.63, 3.8) is 0 Å². The number of amides is 1. The number of aliphatic hydroxyl groups is 1. The molecule has 6 nitrogen and oxygen atoms in total. The summed E-state index contributed by atoms with van der Waals surface area (Å²) in [5.41, 5.74) is 2.03. The highest BCUT2D eigenvalue weighted by Crippen LogP contribution is 2.29. The van der Waals surface area contributed by atoms with Gasteiger partial charge in [0.15, 0.2) is 0 Å². The van der Waals surface area contributed by atoms with Crippen molar-refractivity contribution in [1.82, 2.24) is 14.7 Å². The van der Waals surface area contributed by atoms with E-state index in [9.17, 15) is 9.90 Å². The third kappa shape index (κ3) is 1.81. The Labute approximate surface area is 106 Å². The molecule has 1 amide bonds. The van der Waals surface area contributed by atoms with E-state index in [2.05, 4.69) is 17.0 Å². The number of hydrogen-bond acceptors (Lipinski definition) is 4. The van der Waals surface area contributed by atoms with Crippen LogP contribution in [0.4, 0.5) is 5.69 Å². The molecule has 3 rings (SSSR count). The first-order chi connectivity index (χ1) is 8.69. The average Bonchev–Trinajstić information content (AvgIpc) is 2.92. The van der Waals surface area contributed by atoms with Crippen LogP contribution in [0.3, 0.4) is 0 Å². The lowest BCUT2D eigenvalue weighted by Crippen LogP contribution is -2.33. The van der Waals surface area contributed by atoms with E-state index < -0.39 is 0 Å². The number of carbonyl (C=O) groups excluding carboxylic acids is 1. The van der Waals surface area contributed by atoms with Crippen molar-refractivity contribution >= 4 is 11.6 Å². The van der Waals surface area contributed by atoms with Gasteiger partial charge in [0.05, 0.1) is 24.1 Å². The molecule has 0 saturated carbocycles. The number of anilines is 1. The zero-order valence-corrected chi connectivity index (χ0v) is 10.5. The fourth-order valence-corrected chi connectivity index (χ4v) is 2.72. The van der Waals surface area contributed by atoms with Crippen LogP contribution < -0.4 is 4.90 Å². The Morgan fingerprint density at radius 3 is 3.06 bits per heavy atom. The van der Waals surface area contributed by atoms with Crippen molar-refractivity contribution in [3.05, 3.63) is 11.9 Å². The van der Waals surface area contributed by atoms with Crippen LogP contribution in [-0.4, -0.2) is 52.4 Å². The monoisotopic (exact) mass is 250 g/mol. The fourth-order valence-electron chi connectivity index (χ4n) is 2.72. The smallest absolute Gasteiger partial charge is 0.227 e. The second-order valence-corrected chi connectivity index (χ2v) is 5.19. The first kappa shape index (κ1) is 11.7. The molecule has 6 heteroatoms. The summed E-state index contributed by atoms with van der Waals surface area (Å²) in [6.07, 6.45) is 2.23. The average molecular weight is 250 g/mol. The van der Waals surface area contributed by atoms with Crippen LogP contribution in [0.5, 0.6) is 0 Å². The van der Waals surface area contributed by atoms with Crippen molar-refractivity contribution in [2.45, 2.75) is 19.5 Å². The lowest BCUT2D eigenvalue weighted by atomic mass is 10.1. The minimum absolute atomic E-state index is 0.0642. The van der Waals surface area contributed by atoms with Gasteiger partial charge in [-0.2, -0.15) is 5.10 Å². The standard InChI is InChI=1S/C12H18N4O2/c1-14-2-3-16-11(7-14)10(5-13-16)15-6-9(8-17)4-12(15)18/h5,9,17H,2-4,6-8H2,1H3. The lowest BCUT2D eigenvalue weighted by molar-refractivity contribution is -0.117. The van der Waals surface area contributed by atoms with Crippen LogP contribution in [0.2, 0.25) is 0 Å². The quantitative estimate of drug-likeness (QED) is 0.781. The van der Waals surface area contributed by atoms with Gasteiger partial charge < -0.3 is 10.0 Å². The molecule has 1 fully saturated rings. The molecule has 1 atom stereocenters. The summed E-state index contributed by atoms with van der Waals surface area (Å²) in [5, 5.41) is 13.5. The van der Waals surface area contributed by atoms with E-state index in [4.69, 9.17) is 0 Å². The van der Waals surface area contributed by atoms with Gasteiger partial charge in [0, 0.05) is 38.6 Å². The van der Waals surface area contributed by atoms with Crippen LogP contribution >= 0.6 is 0 Å². The highest BCUT2D eigenvalue weighted by atomic mass is 16.3. The zero-order valence-electron chi connectivity index (χ0n) is 10.5. The highest BCUT2D eigenvalue weighted by molar-refractivity contribution is 5.96. The summed E-state index contributed by atoms with van der Waals surface area (Å²) in [5.74, 6) is 0.160. The maximum atomic E-state index is 12.0. The molecular weight excluding hydrogens is 232 g/mol. The predicted molar refractivity (Wildman–Crippen MR) is 66.1 cm³/mol. The number of fused-ring (bicyclic) bond motifs is 1. The first-order valence-electron chi connectivity index (χ1n) is 6.33. The summed E-state index contributed by atoms with van der Waals surface area (Å²) in [7, 11) is 2.07. The van der Waals surface area contributed by atoms with E-state index in [1.165, 1.54) is 0 Å². The third-order valence-electron chi connectivity index (χ3n) is 3.79. The molecule has 0 aromatic carbocycles. The second kappa shape index (κ2) is 4.37. The molecule has 1 saturated heterocycles. The SMILES string of the molecule is CN1CCn2ncc(N3CC(CO)CC3=O)c2C1. The maximum Gasteiger partial charge on any atom is 0.227 e. The molecule has 1 aromatic heterocycles. The molecule has 0 bridgehead atoms. The first-order valence-corrected chi connectivity index (χ1v) is 6.33. The van der Waals surface area contributed by atoms with Gasteiger partial charge in [-0.15, -0.1) is 0 Å². The van der Waals surface area contributed by atoms with E-state index in [-0.39, 0.29) is 18.4 Å². The number of hydrogen-bond donors (Lipinski definition) is 1. The summed E-state index contributed by atoms with van der Waals surface area (Å²) in [6, 6.07) is 0. The number of nitrogens with zero attached hydrogens (tertiary/aromatic N) is 4. The van der Waals surface area contributed by atoms with Crippen LogP contribution in [0, 0.1) is 5.92 Å². The number of aliphatic hydroxyl groups excluding tert-OH is 1. The second-order valence-electron chi connectivity index (χ2n) is 5.19. The van der Waals surface area contributed by atoms with Crippen LogP contribution in [0.25, 0.3) is 0 Å². The van der Waals surface area contributed by atoms with Crippen molar-refractivity contribution in [1.29, 1.82) is 0 Å². The predicted octanol–water partition coefficient (Wildman–Crippen LogP) is -0.326. The number of aromatic nitrogens is 2. The minimum atomic E-state index is 0.0642. The highest BCUT2D eigenvalue weighted by Gasteiger charge is 2.33. The molecule has 0 aliphatic carbocycles. The van der Waals surface area contributed by atoms with E-state index in [0.29, 0.717) is 13.0 Å². The molecule has 1 N–H and O–H groups in total. The Kier molecular flexibility index (Phi) is 2.83. The van der Waals surface area contributed by atoms with Crippen LogP contribution in [0.15, 0.2) is 6.20 Å². The maximum absolute atomic E-state index is 12.0.